The summed E-state index contributed by atoms with van der Waals surface area (Å²) in [5.74, 6) is 1.65. The van der Waals surface area contributed by atoms with Gasteiger partial charge in [-0.25, -0.2) is 0 Å². The number of hydrogen-bond donors (Lipinski definition) is 0. The summed E-state index contributed by atoms with van der Waals surface area (Å²) in [4.78, 5) is 0. The summed E-state index contributed by atoms with van der Waals surface area (Å²) in [5.41, 5.74) is 2.93. The van der Waals surface area contributed by atoms with Crippen LogP contribution in [-0.4, -0.2) is 92.5 Å². The summed E-state index contributed by atoms with van der Waals surface area (Å²) in [7, 11) is 0. The largest absolute Gasteiger partial charge is 0.491 e. The zero-order valence-corrected chi connectivity index (χ0v) is 55.4. The van der Waals surface area contributed by atoms with Gasteiger partial charge in [0, 0.05) is 0 Å². The van der Waals surface area contributed by atoms with Crippen LogP contribution in [0.25, 0.3) is 129 Å². The molecule has 0 aliphatic carbocycles. The topological polar surface area (TPSA) is 73.8 Å². The third kappa shape index (κ3) is 13.2. The third-order valence-electron chi connectivity index (χ3n) is 20.1. The Balaban J connectivity index is 0.952. The highest BCUT2D eigenvalue weighted by Gasteiger charge is 2.32. The standard InChI is InChI=1S/C84H98O8/c1-5-9-11-13-15-17-19-21-23-25-29-57-49-65-61-31-27-33-63-69-53-59(91-47-45-89-43-41-87-39-37-85-35-7-3)55-71-72-56-60(92-48-46-90-44-42-88-40-38-86-36-8-4)54-70-64-34-28-32-62-66-50-58(30-26-24-22-20-18-16-14-12-10-6-2)52-68-67(51-57)75(65)81-79(73(61)63)83(77(69)71)84(78(70)72)80(74(62)64)82(81)76(66)68/h7-8,27-28,31-34,49-56H,3-6,9-26,29-30,35-48H2,1-2H3. The van der Waals surface area contributed by atoms with Gasteiger partial charge >= 0.3 is 0 Å². The van der Waals surface area contributed by atoms with Crippen molar-refractivity contribution in [3.05, 3.63) is 121 Å². The summed E-state index contributed by atoms with van der Waals surface area (Å²) >= 11 is 0. The molecule has 0 unspecified atom stereocenters. The van der Waals surface area contributed by atoms with Crippen molar-refractivity contribution in [1.29, 1.82) is 0 Å². The summed E-state index contributed by atoms with van der Waals surface area (Å²) in [6.07, 6.45) is 32.4. The van der Waals surface area contributed by atoms with Crippen LogP contribution in [-0.2, 0) is 41.3 Å². The zero-order chi connectivity index (χ0) is 62.6. The minimum absolute atomic E-state index is 0.402. The first-order valence-corrected chi connectivity index (χ1v) is 35.8. The number of ether oxygens (including phenoxy) is 8. The molecule has 0 amide bonds. The van der Waals surface area contributed by atoms with Gasteiger partial charge in [0.15, 0.2) is 0 Å². The second kappa shape index (κ2) is 31.1. The van der Waals surface area contributed by atoms with Crippen LogP contribution in [0.1, 0.15) is 153 Å². The second-order valence-electron chi connectivity index (χ2n) is 26.4. The molecule has 0 bridgehead atoms. The van der Waals surface area contributed by atoms with E-state index in [1.807, 2.05) is 0 Å². The van der Waals surface area contributed by atoms with Gasteiger partial charge in [-0.05, 0) is 190 Å². The van der Waals surface area contributed by atoms with Crippen molar-refractivity contribution >= 4 is 129 Å². The quantitative estimate of drug-likeness (QED) is 0.0162. The third-order valence-corrected chi connectivity index (χ3v) is 20.1. The highest BCUT2D eigenvalue weighted by Crippen LogP contribution is 2.61. The molecule has 0 atom stereocenters. The minimum Gasteiger partial charge on any atom is -0.491 e. The Morgan fingerprint density at radius 3 is 0.804 bits per heavy atom. The van der Waals surface area contributed by atoms with Crippen molar-refractivity contribution < 1.29 is 37.9 Å². The van der Waals surface area contributed by atoms with E-state index < -0.39 is 0 Å². The molecular formula is C84H98O8. The fraction of sp³-hybridized carbons (Fsp3) is 0.452. The number of rotatable bonds is 46. The molecule has 0 aromatic heterocycles. The van der Waals surface area contributed by atoms with Crippen LogP contribution in [0.15, 0.2) is 110 Å². The molecule has 13 rings (SSSR count). The van der Waals surface area contributed by atoms with Gasteiger partial charge in [-0.2, -0.15) is 0 Å². The maximum atomic E-state index is 6.85. The molecule has 8 nitrogen and oxygen atoms in total. The van der Waals surface area contributed by atoms with Gasteiger partial charge in [0.2, 0.25) is 0 Å². The Morgan fingerprint density at radius 2 is 0.500 bits per heavy atom. The highest BCUT2D eigenvalue weighted by molar-refractivity contribution is 6.61. The van der Waals surface area contributed by atoms with Gasteiger partial charge in [-0.1, -0.05) is 202 Å². The van der Waals surface area contributed by atoms with E-state index in [9.17, 15) is 0 Å². The van der Waals surface area contributed by atoms with E-state index >= 15 is 0 Å². The van der Waals surface area contributed by atoms with Crippen molar-refractivity contribution in [1.82, 2.24) is 0 Å². The number of benzene rings is 13. The lowest BCUT2D eigenvalue weighted by Crippen LogP contribution is -2.13. The predicted octanol–water partition coefficient (Wildman–Crippen LogP) is 22.3. The van der Waals surface area contributed by atoms with Gasteiger partial charge in [0.05, 0.1) is 79.3 Å². The van der Waals surface area contributed by atoms with E-state index in [2.05, 4.69) is 112 Å². The van der Waals surface area contributed by atoms with Gasteiger partial charge in [0.25, 0.3) is 0 Å². The molecule has 0 aliphatic heterocycles. The van der Waals surface area contributed by atoms with Crippen molar-refractivity contribution in [2.75, 3.05) is 92.5 Å². The van der Waals surface area contributed by atoms with Gasteiger partial charge in [-0.3, -0.25) is 0 Å². The molecular weight excluding hydrogens is 1140 g/mol. The van der Waals surface area contributed by atoms with Crippen LogP contribution in [0.3, 0.4) is 0 Å². The van der Waals surface area contributed by atoms with E-state index in [1.165, 1.54) is 269 Å². The van der Waals surface area contributed by atoms with E-state index in [0.29, 0.717) is 92.5 Å². The number of fused-ring (bicyclic) bond motifs is 6. The minimum atomic E-state index is 0.402. The van der Waals surface area contributed by atoms with Gasteiger partial charge < -0.3 is 37.9 Å². The maximum absolute atomic E-state index is 6.85. The van der Waals surface area contributed by atoms with E-state index in [-0.39, 0.29) is 0 Å². The van der Waals surface area contributed by atoms with Crippen LogP contribution in [0, 0.1) is 0 Å². The Morgan fingerprint density at radius 1 is 0.261 bits per heavy atom. The van der Waals surface area contributed by atoms with Crippen molar-refractivity contribution in [3.63, 3.8) is 0 Å². The molecule has 0 fully saturated rings. The molecule has 13 aromatic carbocycles. The molecule has 0 N–H and O–H groups in total. The lowest BCUT2D eigenvalue weighted by atomic mass is 9.73. The normalized spacial score (nSPS) is 12.6. The van der Waals surface area contributed by atoms with E-state index in [0.717, 1.165) is 24.3 Å². The molecule has 92 heavy (non-hydrogen) atoms. The summed E-state index contributed by atoms with van der Waals surface area (Å²) in [6, 6.07) is 34.2. The fourth-order valence-corrected chi connectivity index (χ4v) is 15.9. The Kier molecular flexibility index (Phi) is 21.7. The zero-order valence-electron chi connectivity index (χ0n) is 55.4. The molecule has 8 heteroatoms. The van der Waals surface area contributed by atoms with Crippen LogP contribution in [0.4, 0.5) is 0 Å². The van der Waals surface area contributed by atoms with Crippen molar-refractivity contribution in [3.8, 4) is 11.5 Å². The smallest absolute Gasteiger partial charge is 0.120 e. The molecule has 0 saturated carbocycles. The number of hydrogen-bond acceptors (Lipinski definition) is 8. The van der Waals surface area contributed by atoms with Crippen molar-refractivity contribution in [2.24, 2.45) is 0 Å². The maximum Gasteiger partial charge on any atom is 0.120 e. The first-order chi connectivity index (χ1) is 45.6. The molecule has 0 aliphatic rings. The first kappa shape index (κ1) is 64.1. The Bertz CT molecular complexity index is 4180. The molecule has 13 aromatic rings. The first-order valence-electron chi connectivity index (χ1n) is 35.8. The Hall–Kier alpha value is -6.62. The monoisotopic (exact) mass is 1230 g/mol. The SMILES string of the molecule is C=CCOCCOCCOCCOc1cc2c3cccc4c5cc(CCCCCCCCCCCC)cc6c7cc(CCCCCCCCCCCC)cc8c9cccc%10c%11cc(OCCOCCOCCOCC=C)cc%12c(c1)c2c1c(c43)c(c56)c(c87)c(c9%10)c1c%11%12. The summed E-state index contributed by atoms with van der Waals surface area (Å²) in [6.45, 7) is 18.8. The molecule has 0 spiro atoms. The molecule has 0 heterocycles. The lowest BCUT2D eigenvalue weighted by Gasteiger charge is -2.30. The summed E-state index contributed by atoms with van der Waals surface area (Å²) in [5, 5.41) is 32.3. The Labute approximate surface area is 544 Å². The highest BCUT2D eigenvalue weighted by atomic mass is 16.6. The molecule has 482 valence electrons. The average molecular weight is 1240 g/mol. The molecule has 0 radical (unpaired) electrons. The summed E-state index contributed by atoms with van der Waals surface area (Å²) < 4.78 is 48.4. The van der Waals surface area contributed by atoms with Gasteiger partial charge in [-0.15, -0.1) is 13.2 Å². The van der Waals surface area contributed by atoms with Crippen LogP contribution in [0.5, 0.6) is 11.5 Å². The van der Waals surface area contributed by atoms with E-state index in [1.54, 1.807) is 12.2 Å². The van der Waals surface area contributed by atoms with Gasteiger partial charge in [0.1, 0.15) is 24.7 Å². The van der Waals surface area contributed by atoms with Crippen LogP contribution < -0.4 is 9.47 Å². The number of unbranched alkanes of at least 4 members (excludes halogenated alkanes) is 18. The number of aryl methyl sites for hydroxylation is 2. The second-order valence-corrected chi connectivity index (χ2v) is 26.4. The molecule has 0 saturated heterocycles. The fourth-order valence-electron chi connectivity index (χ4n) is 15.9. The van der Waals surface area contributed by atoms with Crippen molar-refractivity contribution in [2.45, 2.75) is 155 Å². The lowest BCUT2D eigenvalue weighted by molar-refractivity contribution is 0.0136. The van der Waals surface area contributed by atoms with Crippen LogP contribution >= 0.6 is 0 Å². The van der Waals surface area contributed by atoms with E-state index in [4.69, 9.17) is 37.9 Å². The average Bonchev–Trinajstić information content (AvgIpc) is 0.646. The predicted molar refractivity (Wildman–Crippen MR) is 391 cm³/mol. The van der Waals surface area contributed by atoms with Crippen LogP contribution in [0.2, 0.25) is 0 Å².